The number of nitrogens with zero attached hydrogens (tertiary/aromatic N) is 2. The van der Waals surface area contributed by atoms with Crippen molar-refractivity contribution in [3.63, 3.8) is 0 Å². The van der Waals surface area contributed by atoms with Gasteiger partial charge in [0.25, 0.3) is 0 Å². The first kappa shape index (κ1) is 12.8. The highest BCUT2D eigenvalue weighted by Gasteiger charge is 2.15. The van der Waals surface area contributed by atoms with Crippen molar-refractivity contribution in [2.24, 2.45) is 12.8 Å². The number of aromatic nitrogens is 2. The summed E-state index contributed by atoms with van der Waals surface area (Å²) in [7, 11) is 1.95. The van der Waals surface area contributed by atoms with Gasteiger partial charge in [-0.2, -0.15) is 5.10 Å². The minimum atomic E-state index is 0.0125. The second kappa shape index (κ2) is 4.94. The standard InChI is InChI=1S/C15H21N3/c1-10-6-5-7-11(2)13(10)8-15(16)14-9-17-18(4)12(14)3/h5-7,9,15H,8,16H2,1-4H3. The molecule has 96 valence electrons. The van der Waals surface area contributed by atoms with Crippen LogP contribution in [0.1, 0.15) is 34.0 Å². The molecule has 2 rings (SSSR count). The van der Waals surface area contributed by atoms with Gasteiger partial charge in [0.05, 0.1) is 6.20 Å². The summed E-state index contributed by atoms with van der Waals surface area (Å²) < 4.78 is 1.87. The van der Waals surface area contributed by atoms with Crippen LogP contribution in [0, 0.1) is 20.8 Å². The van der Waals surface area contributed by atoms with E-state index in [1.165, 1.54) is 16.7 Å². The molecule has 0 bridgehead atoms. The molecule has 2 N–H and O–H groups in total. The summed E-state index contributed by atoms with van der Waals surface area (Å²) in [5.41, 5.74) is 12.6. The molecule has 1 heterocycles. The molecule has 0 fully saturated rings. The minimum Gasteiger partial charge on any atom is -0.324 e. The van der Waals surface area contributed by atoms with E-state index in [1.54, 1.807) is 0 Å². The van der Waals surface area contributed by atoms with E-state index >= 15 is 0 Å². The number of nitrogens with two attached hydrogens (primary N) is 1. The summed E-state index contributed by atoms with van der Waals surface area (Å²) >= 11 is 0. The SMILES string of the molecule is Cc1cccc(C)c1CC(N)c1cnn(C)c1C. The Morgan fingerprint density at radius 2 is 1.83 bits per heavy atom. The van der Waals surface area contributed by atoms with Crippen LogP contribution in [0.5, 0.6) is 0 Å². The van der Waals surface area contributed by atoms with Crippen molar-refractivity contribution >= 4 is 0 Å². The monoisotopic (exact) mass is 243 g/mol. The van der Waals surface area contributed by atoms with Crippen LogP contribution in [0.2, 0.25) is 0 Å². The fourth-order valence-electron chi connectivity index (χ4n) is 2.38. The van der Waals surface area contributed by atoms with Gasteiger partial charge in [-0.3, -0.25) is 4.68 Å². The molecule has 0 aliphatic carbocycles. The topological polar surface area (TPSA) is 43.8 Å². The number of aryl methyl sites for hydroxylation is 3. The third-order valence-corrected chi connectivity index (χ3v) is 3.74. The number of hydrogen-bond donors (Lipinski definition) is 1. The van der Waals surface area contributed by atoms with Crippen LogP contribution in [-0.4, -0.2) is 9.78 Å². The van der Waals surface area contributed by atoms with E-state index in [-0.39, 0.29) is 6.04 Å². The molecule has 0 aliphatic rings. The van der Waals surface area contributed by atoms with Crippen LogP contribution >= 0.6 is 0 Å². The predicted octanol–water partition coefficient (Wildman–Crippen LogP) is 2.59. The van der Waals surface area contributed by atoms with Gasteiger partial charge < -0.3 is 5.73 Å². The molecule has 3 nitrogen and oxygen atoms in total. The van der Waals surface area contributed by atoms with Crippen molar-refractivity contribution in [2.45, 2.75) is 33.2 Å². The normalized spacial score (nSPS) is 12.7. The van der Waals surface area contributed by atoms with Crippen LogP contribution in [0.4, 0.5) is 0 Å². The Hall–Kier alpha value is -1.61. The molecule has 0 aliphatic heterocycles. The summed E-state index contributed by atoms with van der Waals surface area (Å²) in [5.74, 6) is 0. The fraction of sp³-hybridized carbons (Fsp3) is 0.400. The maximum Gasteiger partial charge on any atom is 0.0540 e. The molecule has 1 aromatic heterocycles. The molecular formula is C15H21N3. The van der Waals surface area contributed by atoms with Gasteiger partial charge in [-0.1, -0.05) is 18.2 Å². The number of hydrogen-bond acceptors (Lipinski definition) is 2. The smallest absolute Gasteiger partial charge is 0.0540 e. The highest BCUT2D eigenvalue weighted by molar-refractivity contribution is 5.35. The van der Waals surface area contributed by atoms with Gasteiger partial charge in [-0.25, -0.2) is 0 Å². The number of benzene rings is 1. The third-order valence-electron chi connectivity index (χ3n) is 3.74. The van der Waals surface area contributed by atoms with E-state index < -0.39 is 0 Å². The van der Waals surface area contributed by atoms with Crippen molar-refractivity contribution < 1.29 is 0 Å². The second-order valence-electron chi connectivity index (χ2n) is 4.99. The van der Waals surface area contributed by atoms with Crippen molar-refractivity contribution in [3.05, 3.63) is 52.3 Å². The molecule has 18 heavy (non-hydrogen) atoms. The molecule has 0 amide bonds. The molecule has 1 atom stereocenters. The van der Waals surface area contributed by atoms with Crippen LogP contribution in [0.3, 0.4) is 0 Å². The van der Waals surface area contributed by atoms with Crippen molar-refractivity contribution in [1.82, 2.24) is 9.78 Å². The summed E-state index contributed by atoms with van der Waals surface area (Å²) in [5, 5.41) is 4.26. The summed E-state index contributed by atoms with van der Waals surface area (Å²) in [4.78, 5) is 0. The molecule has 2 aromatic rings. The molecule has 3 heteroatoms. The van der Waals surface area contributed by atoms with Crippen LogP contribution in [-0.2, 0) is 13.5 Å². The maximum absolute atomic E-state index is 6.33. The lowest BCUT2D eigenvalue weighted by atomic mass is 9.94. The minimum absolute atomic E-state index is 0.0125. The molecule has 1 aromatic carbocycles. The lowest BCUT2D eigenvalue weighted by Crippen LogP contribution is -2.15. The predicted molar refractivity (Wildman–Crippen MR) is 74.5 cm³/mol. The van der Waals surface area contributed by atoms with E-state index in [9.17, 15) is 0 Å². The molecule has 0 saturated carbocycles. The quantitative estimate of drug-likeness (QED) is 0.900. The Labute approximate surface area is 109 Å². The van der Waals surface area contributed by atoms with Gasteiger partial charge in [-0.05, 0) is 43.9 Å². The molecular weight excluding hydrogens is 222 g/mol. The number of rotatable bonds is 3. The highest BCUT2D eigenvalue weighted by Crippen LogP contribution is 2.22. The van der Waals surface area contributed by atoms with Crippen molar-refractivity contribution in [3.8, 4) is 0 Å². The zero-order valence-corrected chi connectivity index (χ0v) is 11.6. The summed E-state index contributed by atoms with van der Waals surface area (Å²) in [6.07, 6.45) is 2.75. The third kappa shape index (κ3) is 2.31. The van der Waals surface area contributed by atoms with E-state index in [1.807, 2.05) is 17.9 Å². The molecule has 0 saturated heterocycles. The average Bonchev–Trinajstić information content (AvgIpc) is 2.65. The maximum atomic E-state index is 6.33. The Morgan fingerprint density at radius 1 is 1.22 bits per heavy atom. The first-order valence-corrected chi connectivity index (χ1v) is 6.30. The Balaban J connectivity index is 2.27. The molecule has 1 unspecified atom stereocenters. The Morgan fingerprint density at radius 3 is 2.33 bits per heavy atom. The van der Waals surface area contributed by atoms with E-state index in [0.29, 0.717) is 0 Å². The fourth-order valence-corrected chi connectivity index (χ4v) is 2.38. The van der Waals surface area contributed by atoms with Gasteiger partial charge in [-0.15, -0.1) is 0 Å². The summed E-state index contributed by atoms with van der Waals surface area (Å²) in [6, 6.07) is 6.39. The van der Waals surface area contributed by atoms with Crippen LogP contribution in [0.25, 0.3) is 0 Å². The van der Waals surface area contributed by atoms with Gasteiger partial charge in [0.2, 0.25) is 0 Å². The lowest BCUT2D eigenvalue weighted by molar-refractivity contribution is 0.696. The van der Waals surface area contributed by atoms with E-state index in [4.69, 9.17) is 5.73 Å². The Kier molecular flexibility index (Phi) is 3.53. The zero-order chi connectivity index (χ0) is 13.3. The largest absolute Gasteiger partial charge is 0.324 e. The van der Waals surface area contributed by atoms with Crippen molar-refractivity contribution in [2.75, 3.05) is 0 Å². The average molecular weight is 243 g/mol. The van der Waals surface area contributed by atoms with Crippen LogP contribution < -0.4 is 5.73 Å². The Bertz CT molecular complexity index is 535. The summed E-state index contributed by atoms with van der Waals surface area (Å²) in [6.45, 7) is 6.35. The lowest BCUT2D eigenvalue weighted by Gasteiger charge is -2.15. The molecule has 0 spiro atoms. The zero-order valence-electron chi connectivity index (χ0n) is 11.6. The van der Waals surface area contributed by atoms with Crippen molar-refractivity contribution in [1.29, 1.82) is 0 Å². The van der Waals surface area contributed by atoms with Crippen LogP contribution in [0.15, 0.2) is 24.4 Å². The second-order valence-corrected chi connectivity index (χ2v) is 4.99. The highest BCUT2D eigenvalue weighted by atomic mass is 15.3. The van der Waals surface area contributed by atoms with Gasteiger partial charge in [0, 0.05) is 24.3 Å². The first-order chi connectivity index (χ1) is 8.50. The van der Waals surface area contributed by atoms with E-state index in [0.717, 1.165) is 17.7 Å². The van der Waals surface area contributed by atoms with Gasteiger partial charge in [0.1, 0.15) is 0 Å². The first-order valence-electron chi connectivity index (χ1n) is 6.30. The van der Waals surface area contributed by atoms with E-state index in [2.05, 4.69) is 44.1 Å². The van der Waals surface area contributed by atoms with Gasteiger partial charge in [0.15, 0.2) is 0 Å². The van der Waals surface area contributed by atoms with Gasteiger partial charge >= 0.3 is 0 Å². The molecule has 0 radical (unpaired) electrons.